The zero-order valence-corrected chi connectivity index (χ0v) is 2.89. The van der Waals surface area contributed by atoms with Gasteiger partial charge in [0.25, 0.3) is 0 Å². The Morgan fingerprint density at radius 2 is 0.450 bits per heavy atom. The maximum atomic E-state index is 5.25. The van der Waals surface area contributed by atoms with E-state index in [-0.39, 0.29) is 126 Å². The van der Waals surface area contributed by atoms with Gasteiger partial charge in [-0.3, -0.25) is 0 Å². The van der Waals surface area contributed by atoms with Crippen LogP contribution >= 0.6 is 0 Å². The summed E-state index contributed by atoms with van der Waals surface area (Å²) < 4.78 is 61.0. The van der Waals surface area contributed by atoms with Crippen LogP contribution in [0.2, 0.25) is 0 Å². The van der Waals surface area contributed by atoms with Gasteiger partial charge in [-0.25, -0.2) is 0 Å². The molecule has 0 amide bonds. The average molecular weight is 335 g/mol. The summed E-state index contributed by atoms with van der Waals surface area (Å²) in [7, 11) is 15.0. The molecular formula is C15H80B5. The SMILES string of the molecule is C.C.C.C.C.C.C.C.C.C.C.C.C.C.C.[2HH].[2HH].[2H][2H].[2H][2H].[2H][2H].[2H][2H].[3HH].[3H][B].[3H][B].[3H][B].[3H][B].[B].[HH]. The fourth-order valence-electron chi connectivity index (χ4n) is 0. The largest absolute Gasteiger partial charge is 0.0776 e. The lowest BCUT2D eigenvalue weighted by Crippen LogP contribution is -0.382. The van der Waals surface area contributed by atoms with Gasteiger partial charge in [0.1, 0.15) is 0 Å². The highest BCUT2D eigenvalue weighted by Crippen LogP contribution is 0.158. The standard InChI is InChI=1S/15CH4.4BH.B.8H2/h15*1H4;4*1H;;8*1H/i;;;;;;;;;;;;;;;4*1T;;1+2;4*1+1D;2*1+1;. The quantitative estimate of drug-likeness (QED) is 0.389. The first-order valence-electron chi connectivity index (χ1n) is 6.31. The second kappa shape index (κ2) is 61600. The van der Waals surface area contributed by atoms with E-state index in [2.05, 4.69) is 33.5 Å². The van der Waals surface area contributed by atoms with Gasteiger partial charge in [-0.15, -0.1) is 0 Å². The minimum atomic E-state index is 0. The van der Waals surface area contributed by atoms with E-state index < -0.39 is 0 Å². The Labute approximate surface area is 177 Å². The fourth-order valence-corrected chi connectivity index (χ4v) is 0. The van der Waals surface area contributed by atoms with Crippen molar-refractivity contribution < 1.29 is 17.6 Å². The van der Waals surface area contributed by atoms with Crippen LogP contribution in [0.3, 0.4) is 0 Å². The lowest BCUT2D eigenvalue weighted by atomic mass is 10.8. The molecule has 0 aromatic carbocycles. The number of rotatable bonds is 0. The normalized spacial score (nSPS) is 2.80. The predicted octanol–water partition coefficient (Wildman–Crippen LogP) is 8.53. The van der Waals surface area contributed by atoms with Gasteiger partial charge in [0.2, 0.25) is 0 Å². The first-order chi connectivity index (χ1) is 8.00. The van der Waals surface area contributed by atoms with E-state index in [1.165, 1.54) is 0 Å². The molecule has 0 atom stereocenters. The first-order valence-corrected chi connectivity index (χ1v) is 0. The topological polar surface area (TPSA) is 0 Å². The molecule has 0 aromatic heterocycles. The van der Waals surface area contributed by atoms with E-state index in [1.807, 2.05) is 0 Å². The molecule has 0 bridgehead atoms. The van der Waals surface area contributed by atoms with Gasteiger partial charge in [0.15, 0.2) is 0 Å². The average Bonchev–Trinajstić information content (AvgIpc) is 2.54. The Morgan fingerprint density at radius 1 is 0.450 bits per heavy atom. The van der Waals surface area contributed by atoms with Crippen LogP contribution in [0, 0.1) is 0 Å². The van der Waals surface area contributed by atoms with E-state index in [0.29, 0.717) is 0 Å². The molecule has 0 aliphatic carbocycles. The smallest absolute Gasteiger partial charge is 0.0379 e. The zero-order chi connectivity index (χ0) is 16.0. The minimum absolute atomic E-state index is 0. The molecule has 0 fully saturated rings. The van der Waals surface area contributed by atoms with E-state index in [1.54, 1.807) is 0 Å². The molecule has 0 nitrogen and oxygen atoms in total. The molecule has 155 valence electrons. The molecular weight excluding hydrogens is 234 g/mol. The van der Waals surface area contributed by atoms with E-state index in [9.17, 15) is 0 Å². The molecule has 0 saturated carbocycles. The van der Waals surface area contributed by atoms with Crippen molar-refractivity contribution in [2.75, 3.05) is 0 Å². The summed E-state index contributed by atoms with van der Waals surface area (Å²) in [6, 6.07) is 0. The molecule has 0 aliphatic rings. The Balaban J connectivity index is -0.000000000724. The highest BCUT2D eigenvalue weighted by molar-refractivity contribution is 5.76. The van der Waals surface area contributed by atoms with E-state index in [0.717, 1.165) is 0 Å². The third-order valence-corrected chi connectivity index (χ3v) is 0. The minimum Gasteiger partial charge on any atom is -0.0776 e. The molecule has 20 heavy (non-hydrogen) atoms. The van der Waals surface area contributed by atoms with Crippen molar-refractivity contribution in [2.24, 2.45) is 0 Å². The van der Waals surface area contributed by atoms with E-state index >= 15 is 0 Å². The van der Waals surface area contributed by atoms with Gasteiger partial charge in [-0.1, -0.05) is 111 Å². The molecule has 0 N–H and O–H groups in total. The molecule has 0 rings (SSSR count). The first kappa shape index (κ1) is 110. The van der Waals surface area contributed by atoms with Crippen LogP contribution in [0.4, 0.5) is 0 Å². The van der Waals surface area contributed by atoms with Crippen LogP contribution < -0.4 is 0 Å². The zero-order valence-electron chi connectivity index (χ0n) is 14.9. The van der Waals surface area contributed by atoms with Crippen LogP contribution in [0.1, 0.15) is 129 Å². The lowest BCUT2D eigenvalue weighted by Gasteiger charge is -0.0786. The molecule has 0 aromatic rings. The lowest BCUT2D eigenvalue weighted by molar-refractivity contribution is 2.50. The highest BCUT2D eigenvalue weighted by atomic mass is 12.0. The van der Waals surface area contributed by atoms with Crippen molar-refractivity contribution in [1.82, 2.24) is 0 Å². The van der Waals surface area contributed by atoms with Crippen molar-refractivity contribution in [3.63, 3.8) is 0 Å². The van der Waals surface area contributed by atoms with E-state index in [4.69, 9.17) is 17.2 Å². The molecule has 0 unspecified atom stereocenters. The van der Waals surface area contributed by atoms with Gasteiger partial charge >= 0.3 is 0 Å². The molecule has 0 spiro atoms. The summed E-state index contributed by atoms with van der Waals surface area (Å²) >= 11 is 0. The van der Waals surface area contributed by atoms with Crippen LogP contribution in [0.15, 0.2) is 0 Å². The van der Waals surface area contributed by atoms with Crippen molar-refractivity contribution in [3.8, 4) is 0 Å². The maximum absolute atomic E-state index is 5.25. The summed E-state index contributed by atoms with van der Waals surface area (Å²) in [5.41, 5.74) is 0. The van der Waals surface area contributed by atoms with Gasteiger partial charge < -0.3 is 0 Å². The predicted molar refractivity (Wildman–Crippen MR) is 152 cm³/mol. The van der Waals surface area contributed by atoms with Crippen LogP contribution in [0.25, 0.3) is 0 Å². The third-order valence-electron chi connectivity index (χ3n) is 0. The van der Waals surface area contributed by atoms with Crippen molar-refractivity contribution in [1.29, 1.82) is 5.34 Å². The van der Waals surface area contributed by atoms with Crippen LogP contribution in [-0.2, 0) is 0 Å². The summed E-state index contributed by atoms with van der Waals surface area (Å²) in [5.74, 6) is 0. The molecule has 5 heteroatoms. The second-order valence-corrected chi connectivity index (χ2v) is 0. The molecule has 0 aliphatic heterocycles. The fraction of sp³-hybridized carbons (Fsp3) is 1.00. The Bertz CT molecular complexity index is 51.9. The Kier molecular flexibility index (Phi) is 337000. The maximum Gasteiger partial charge on any atom is 0.0379 e. The Hall–Kier alpha value is 0.325. The van der Waals surface area contributed by atoms with Gasteiger partial charge in [-0.2, -0.15) is 0 Å². The molecule has 11 radical (unpaired) electrons. The molecule has 0 saturated heterocycles. The Morgan fingerprint density at radius 3 is 0.450 bits per heavy atom. The molecule has 0 heterocycles. The summed E-state index contributed by atoms with van der Waals surface area (Å²) in [6.07, 6.45) is 0. The van der Waals surface area contributed by atoms with Crippen LogP contribution in [-0.4, -0.2) is 47.3 Å². The van der Waals surface area contributed by atoms with Gasteiger partial charge in [0.05, 0.1) is 0 Å². The monoisotopic (exact) mass is 336 g/mol. The summed E-state index contributed by atoms with van der Waals surface area (Å²) in [6.45, 7) is 0. The van der Waals surface area contributed by atoms with Crippen LogP contribution in [0.5, 0.6) is 0 Å². The van der Waals surface area contributed by atoms with Crippen molar-refractivity contribution >= 4 is 41.9 Å². The number of hydrogen-bond acceptors (Lipinski definition) is 0. The summed E-state index contributed by atoms with van der Waals surface area (Å²) in [5, 5.41) is 0. The van der Waals surface area contributed by atoms with Gasteiger partial charge in [0, 0.05) is 59.5 Å². The summed E-state index contributed by atoms with van der Waals surface area (Å²) in [4.78, 5) is 0. The third kappa shape index (κ3) is 52200. The number of hydrogen-bond donors (Lipinski definition) is 0. The van der Waals surface area contributed by atoms with Gasteiger partial charge in [-0.05, 0) is 5.34 Å². The van der Waals surface area contributed by atoms with Crippen molar-refractivity contribution in [2.45, 2.75) is 111 Å². The highest BCUT2D eigenvalue weighted by Gasteiger charge is 0.0416. The second-order valence-electron chi connectivity index (χ2n) is 0. The van der Waals surface area contributed by atoms with Crippen molar-refractivity contribution in [3.05, 3.63) is 0 Å².